The van der Waals surface area contributed by atoms with Crippen LogP contribution in [0.5, 0.6) is 0 Å². The first kappa shape index (κ1) is 21.5. The number of aryl methyl sites for hydroxylation is 1. The number of thioether (sulfide) groups is 1. The maximum absolute atomic E-state index is 4.69. The van der Waals surface area contributed by atoms with E-state index < -0.39 is 0 Å². The van der Waals surface area contributed by atoms with E-state index in [-0.39, 0.29) is 24.0 Å². The highest BCUT2D eigenvalue weighted by molar-refractivity contribution is 14.0. The number of halogens is 1. The van der Waals surface area contributed by atoms with Gasteiger partial charge < -0.3 is 15.2 Å². The normalized spacial score (nSPS) is 21.2. The standard InChI is InChI=1S/C16H30N6S.HI/c1-5-17-16(18-11-15-21-20-12(3)22(15)4)19-13-8-7-9-14(10-13)23-6-2;/h13-14H,5-11H2,1-4H3,(H2,17,18,19);1H. The van der Waals surface area contributed by atoms with E-state index in [1.165, 1.54) is 31.4 Å². The predicted molar refractivity (Wildman–Crippen MR) is 113 cm³/mol. The largest absolute Gasteiger partial charge is 0.357 e. The Kier molecular flexibility index (Phi) is 10.0. The van der Waals surface area contributed by atoms with Gasteiger partial charge in [-0.05, 0) is 38.9 Å². The van der Waals surface area contributed by atoms with E-state index in [1.54, 1.807) is 0 Å². The molecule has 1 aromatic heterocycles. The van der Waals surface area contributed by atoms with E-state index >= 15 is 0 Å². The topological polar surface area (TPSA) is 67.1 Å². The van der Waals surface area contributed by atoms with Crippen LogP contribution in [0.3, 0.4) is 0 Å². The van der Waals surface area contributed by atoms with Gasteiger partial charge >= 0.3 is 0 Å². The lowest BCUT2D eigenvalue weighted by atomic mass is 9.95. The molecule has 1 aliphatic rings. The van der Waals surface area contributed by atoms with Crippen molar-refractivity contribution in [3.8, 4) is 0 Å². The number of nitrogens with one attached hydrogen (secondary N) is 2. The molecule has 1 aliphatic carbocycles. The average molecular weight is 466 g/mol. The van der Waals surface area contributed by atoms with Crippen molar-refractivity contribution < 1.29 is 0 Å². The first-order valence-corrected chi connectivity index (χ1v) is 9.70. The summed E-state index contributed by atoms with van der Waals surface area (Å²) in [7, 11) is 1.98. The van der Waals surface area contributed by atoms with Gasteiger partial charge in [0.25, 0.3) is 0 Å². The van der Waals surface area contributed by atoms with E-state index in [1.807, 2.05) is 18.5 Å². The molecule has 0 aliphatic heterocycles. The number of hydrogen-bond acceptors (Lipinski definition) is 4. The second kappa shape index (κ2) is 11.2. The first-order chi connectivity index (χ1) is 11.1. The molecule has 1 fully saturated rings. The highest BCUT2D eigenvalue weighted by atomic mass is 127. The number of rotatable bonds is 6. The number of hydrogen-bond donors (Lipinski definition) is 2. The summed E-state index contributed by atoms with van der Waals surface area (Å²) in [6, 6.07) is 0.520. The fraction of sp³-hybridized carbons (Fsp3) is 0.812. The van der Waals surface area contributed by atoms with Crippen molar-refractivity contribution in [2.45, 2.75) is 64.3 Å². The van der Waals surface area contributed by atoms with Crippen LogP contribution in [0.2, 0.25) is 0 Å². The van der Waals surface area contributed by atoms with Crippen molar-refractivity contribution >= 4 is 41.7 Å². The summed E-state index contributed by atoms with van der Waals surface area (Å²) in [5, 5.41) is 16.0. The lowest BCUT2D eigenvalue weighted by Gasteiger charge is -2.30. The molecule has 138 valence electrons. The zero-order valence-corrected chi connectivity index (χ0v) is 18.4. The van der Waals surface area contributed by atoms with Crippen molar-refractivity contribution in [2.75, 3.05) is 12.3 Å². The van der Waals surface area contributed by atoms with Gasteiger partial charge in [0, 0.05) is 24.9 Å². The van der Waals surface area contributed by atoms with Crippen LogP contribution < -0.4 is 10.6 Å². The molecule has 1 aromatic rings. The molecule has 2 unspecified atom stereocenters. The highest BCUT2D eigenvalue weighted by Gasteiger charge is 2.22. The Bertz CT molecular complexity index is 517. The van der Waals surface area contributed by atoms with Crippen molar-refractivity contribution in [3.05, 3.63) is 11.6 Å². The number of guanidine groups is 1. The molecule has 2 rings (SSSR count). The molecule has 0 aromatic carbocycles. The van der Waals surface area contributed by atoms with Crippen LogP contribution in [0.25, 0.3) is 0 Å². The van der Waals surface area contributed by atoms with E-state index in [4.69, 9.17) is 0 Å². The maximum Gasteiger partial charge on any atom is 0.191 e. The monoisotopic (exact) mass is 466 g/mol. The summed E-state index contributed by atoms with van der Waals surface area (Å²) in [6.07, 6.45) is 5.11. The summed E-state index contributed by atoms with van der Waals surface area (Å²) < 4.78 is 1.99. The van der Waals surface area contributed by atoms with Crippen LogP contribution in [0.4, 0.5) is 0 Å². The van der Waals surface area contributed by atoms with Crippen LogP contribution in [0.15, 0.2) is 4.99 Å². The summed E-state index contributed by atoms with van der Waals surface area (Å²) >= 11 is 2.09. The second-order valence-corrected chi connectivity index (χ2v) is 7.58. The molecular weight excluding hydrogens is 435 g/mol. The Labute approximate surface area is 167 Å². The van der Waals surface area contributed by atoms with Gasteiger partial charge in [-0.1, -0.05) is 13.3 Å². The Morgan fingerprint density at radius 3 is 2.75 bits per heavy atom. The van der Waals surface area contributed by atoms with Gasteiger partial charge in [0.15, 0.2) is 11.8 Å². The predicted octanol–water partition coefficient (Wildman–Crippen LogP) is 2.86. The molecule has 0 radical (unpaired) electrons. The number of nitrogens with zero attached hydrogens (tertiary/aromatic N) is 4. The summed E-state index contributed by atoms with van der Waals surface area (Å²) in [4.78, 5) is 4.69. The molecule has 8 heteroatoms. The van der Waals surface area contributed by atoms with E-state index in [0.717, 1.165) is 29.4 Å². The fourth-order valence-corrected chi connectivity index (χ4v) is 4.09. The van der Waals surface area contributed by atoms with Crippen LogP contribution in [-0.4, -0.2) is 44.3 Å². The molecule has 1 saturated carbocycles. The number of aromatic nitrogens is 3. The zero-order chi connectivity index (χ0) is 16.7. The van der Waals surface area contributed by atoms with Crippen molar-refractivity contribution in [1.29, 1.82) is 0 Å². The van der Waals surface area contributed by atoms with Gasteiger partial charge in [0.2, 0.25) is 0 Å². The average Bonchev–Trinajstić information content (AvgIpc) is 2.85. The molecule has 0 bridgehead atoms. The smallest absolute Gasteiger partial charge is 0.191 e. The van der Waals surface area contributed by atoms with Crippen LogP contribution in [-0.2, 0) is 13.6 Å². The molecule has 24 heavy (non-hydrogen) atoms. The van der Waals surface area contributed by atoms with Crippen LogP contribution in [0.1, 0.15) is 51.2 Å². The van der Waals surface area contributed by atoms with Gasteiger partial charge in [-0.25, -0.2) is 4.99 Å². The summed E-state index contributed by atoms with van der Waals surface area (Å²) in [6.45, 7) is 7.71. The molecule has 6 nitrogen and oxygen atoms in total. The van der Waals surface area contributed by atoms with Crippen molar-refractivity contribution in [3.63, 3.8) is 0 Å². The molecule has 2 atom stereocenters. The first-order valence-electron chi connectivity index (χ1n) is 8.65. The zero-order valence-electron chi connectivity index (χ0n) is 15.2. The minimum atomic E-state index is 0. The second-order valence-electron chi connectivity index (χ2n) is 6.00. The van der Waals surface area contributed by atoms with Crippen molar-refractivity contribution in [1.82, 2.24) is 25.4 Å². The summed E-state index contributed by atoms with van der Waals surface area (Å²) in [5.74, 6) is 3.90. The third-order valence-corrected chi connectivity index (χ3v) is 5.51. The van der Waals surface area contributed by atoms with Gasteiger partial charge in [0.05, 0.1) is 0 Å². The van der Waals surface area contributed by atoms with E-state index in [9.17, 15) is 0 Å². The minimum absolute atomic E-state index is 0. The highest BCUT2D eigenvalue weighted by Crippen LogP contribution is 2.28. The third-order valence-electron chi connectivity index (χ3n) is 4.27. The number of aliphatic imine (C=N–C) groups is 1. The van der Waals surface area contributed by atoms with Crippen LogP contribution >= 0.6 is 35.7 Å². The quantitative estimate of drug-likeness (QED) is 0.384. The molecule has 1 heterocycles. The Balaban J connectivity index is 0.00000288. The van der Waals surface area contributed by atoms with Gasteiger partial charge in [-0.15, -0.1) is 34.2 Å². The van der Waals surface area contributed by atoms with E-state index in [2.05, 4.69) is 51.4 Å². The molecule has 0 spiro atoms. The maximum atomic E-state index is 4.69. The Morgan fingerprint density at radius 2 is 2.12 bits per heavy atom. The molecular formula is C16H31IN6S. The van der Waals surface area contributed by atoms with Gasteiger partial charge in [0.1, 0.15) is 12.4 Å². The summed E-state index contributed by atoms with van der Waals surface area (Å²) in [5.41, 5.74) is 0. The lowest BCUT2D eigenvalue weighted by Crippen LogP contribution is -2.45. The van der Waals surface area contributed by atoms with Gasteiger partial charge in [-0.2, -0.15) is 11.8 Å². The lowest BCUT2D eigenvalue weighted by molar-refractivity contribution is 0.418. The van der Waals surface area contributed by atoms with Crippen molar-refractivity contribution in [2.24, 2.45) is 12.0 Å². The fourth-order valence-electron chi connectivity index (χ4n) is 2.91. The van der Waals surface area contributed by atoms with E-state index in [0.29, 0.717) is 12.6 Å². The molecule has 0 amide bonds. The van der Waals surface area contributed by atoms with Crippen LogP contribution in [0, 0.1) is 6.92 Å². The minimum Gasteiger partial charge on any atom is -0.357 e. The Morgan fingerprint density at radius 1 is 1.33 bits per heavy atom. The molecule has 0 saturated heterocycles. The van der Waals surface area contributed by atoms with Gasteiger partial charge in [-0.3, -0.25) is 0 Å². The molecule has 2 N–H and O–H groups in total. The SMILES string of the molecule is CCNC(=NCc1nnc(C)n1C)NC1CCCC(SCC)C1.I. The Hall–Kier alpha value is -0.510. The third kappa shape index (κ3) is 6.42.